The number of rotatable bonds is 4. The van der Waals surface area contributed by atoms with E-state index >= 15 is 0 Å². The van der Waals surface area contributed by atoms with Crippen molar-refractivity contribution in [3.8, 4) is 0 Å². The SMILES string of the molecule is CC(Sc1nc2ccccc2o1)C(=O)Nc1ccc(Br)cc1Br. The van der Waals surface area contributed by atoms with Crippen LogP contribution in [0.2, 0.25) is 0 Å². The van der Waals surface area contributed by atoms with E-state index in [1.165, 1.54) is 11.8 Å². The quantitative estimate of drug-likeness (QED) is 0.529. The fourth-order valence-electron chi connectivity index (χ4n) is 1.93. The summed E-state index contributed by atoms with van der Waals surface area (Å²) in [5, 5.41) is 3.05. The second-order valence-corrected chi connectivity index (χ2v) is 7.88. The third kappa shape index (κ3) is 3.97. The van der Waals surface area contributed by atoms with E-state index in [1.54, 1.807) is 0 Å². The lowest BCUT2D eigenvalue weighted by Crippen LogP contribution is -2.22. The van der Waals surface area contributed by atoms with Crippen LogP contribution in [0.3, 0.4) is 0 Å². The smallest absolute Gasteiger partial charge is 0.257 e. The molecule has 1 aromatic heterocycles. The van der Waals surface area contributed by atoms with Crippen molar-refractivity contribution in [3.63, 3.8) is 0 Å². The average molecular weight is 456 g/mol. The number of para-hydroxylation sites is 2. The summed E-state index contributed by atoms with van der Waals surface area (Å²) in [4.78, 5) is 16.7. The molecule has 118 valence electrons. The predicted octanol–water partition coefficient (Wildman–Crippen LogP) is 5.47. The molecule has 0 aliphatic rings. The van der Waals surface area contributed by atoms with Gasteiger partial charge in [0.05, 0.1) is 10.9 Å². The Kier molecular flexibility index (Phi) is 5.08. The number of nitrogens with one attached hydrogen (secondary N) is 1. The molecule has 3 rings (SSSR count). The van der Waals surface area contributed by atoms with Crippen molar-refractivity contribution in [1.29, 1.82) is 0 Å². The summed E-state index contributed by atoms with van der Waals surface area (Å²) in [6.07, 6.45) is 0. The molecular weight excluding hydrogens is 444 g/mol. The summed E-state index contributed by atoms with van der Waals surface area (Å²) in [6, 6.07) is 13.1. The van der Waals surface area contributed by atoms with Crippen LogP contribution >= 0.6 is 43.6 Å². The van der Waals surface area contributed by atoms with Crippen LogP contribution in [0.25, 0.3) is 11.1 Å². The third-order valence-corrected chi connectivity index (χ3v) is 5.20. The van der Waals surface area contributed by atoms with Crippen molar-refractivity contribution < 1.29 is 9.21 Å². The summed E-state index contributed by atoms with van der Waals surface area (Å²) in [6.45, 7) is 1.82. The van der Waals surface area contributed by atoms with Crippen molar-refractivity contribution in [2.24, 2.45) is 0 Å². The summed E-state index contributed by atoms with van der Waals surface area (Å²) < 4.78 is 7.39. The Morgan fingerprint density at radius 3 is 2.78 bits per heavy atom. The standard InChI is InChI=1S/C16H12Br2N2O2S/c1-9(15(21)19-12-7-6-10(17)8-11(12)18)23-16-20-13-4-2-3-5-14(13)22-16/h2-9H,1H3,(H,19,21). The zero-order valence-electron chi connectivity index (χ0n) is 12.0. The van der Waals surface area contributed by atoms with Gasteiger partial charge in [-0.05, 0) is 53.2 Å². The molecule has 0 spiro atoms. The van der Waals surface area contributed by atoms with Gasteiger partial charge in [0.15, 0.2) is 5.58 Å². The van der Waals surface area contributed by atoms with Gasteiger partial charge in [0.1, 0.15) is 5.52 Å². The van der Waals surface area contributed by atoms with Gasteiger partial charge in [-0.25, -0.2) is 4.98 Å². The van der Waals surface area contributed by atoms with Gasteiger partial charge in [-0.2, -0.15) is 0 Å². The van der Waals surface area contributed by atoms with E-state index in [2.05, 4.69) is 42.2 Å². The van der Waals surface area contributed by atoms with Gasteiger partial charge in [-0.1, -0.05) is 39.8 Å². The molecule has 1 heterocycles. The highest BCUT2D eigenvalue weighted by Gasteiger charge is 2.19. The number of aromatic nitrogens is 1. The maximum atomic E-state index is 12.3. The van der Waals surface area contributed by atoms with Crippen molar-refractivity contribution >= 4 is 66.3 Å². The fraction of sp³-hybridized carbons (Fsp3) is 0.125. The molecule has 0 fully saturated rings. The molecule has 23 heavy (non-hydrogen) atoms. The van der Waals surface area contributed by atoms with E-state index in [-0.39, 0.29) is 11.2 Å². The molecule has 0 saturated carbocycles. The van der Waals surface area contributed by atoms with Crippen LogP contribution in [0.5, 0.6) is 0 Å². The summed E-state index contributed by atoms with van der Waals surface area (Å²) in [5.41, 5.74) is 2.24. The molecule has 0 aliphatic heterocycles. The molecule has 0 saturated heterocycles. The van der Waals surface area contributed by atoms with Crippen molar-refractivity contribution in [1.82, 2.24) is 4.98 Å². The minimum Gasteiger partial charge on any atom is -0.431 e. The minimum atomic E-state index is -0.335. The number of nitrogens with zero attached hydrogens (tertiary/aromatic N) is 1. The van der Waals surface area contributed by atoms with E-state index in [1.807, 2.05) is 49.4 Å². The first-order valence-electron chi connectivity index (χ1n) is 6.81. The number of halogens is 2. The summed E-state index contributed by atoms with van der Waals surface area (Å²) in [5.74, 6) is -0.111. The summed E-state index contributed by atoms with van der Waals surface area (Å²) >= 11 is 8.11. The second-order valence-electron chi connectivity index (χ2n) is 4.82. The Balaban J connectivity index is 1.69. The average Bonchev–Trinajstić information content (AvgIpc) is 2.92. The molecular formula is C16H12Br2N2O2S. The van der Waals surface area contributed by atoms with Crippen molar-refractivity contribution in [2.75, 3.05) is 5.32 Å². The molecule has 1 unspecified atom stereocenters. The normalized spacial score (nSPS) is 12.3. The number of carbonyl (C=O) groups excluding carboxylic acids is 1. The number of amides is 1. The molecule has 1 amide bonds. The predicted molar refractivity (Wildman–Crippen MR) is 99.8 cm³/mol. The molecule has 2 aromatic carbocycles. The van der Waals surface area contributed by atoms with E-state index in [0.29, 0.717) is 5.22 Å². The zero-order valence-corrected chi connectivity index (χ0v) is 16.0. The van der Waals surface area contributed by atoms with Gasteiger partial charge in [-0.15, -0.1) is 0 Å². The second kappa shape index (κ2) is 7.07. The van der Waals surface area contributed by atoms with Gasteiger partial charge < -0.3 is 9.73 Å². The minimum absolute atomic E-state index is 0.111. The van der Waals surface area contributed by atoms with Crippen LogP contribution in [0.1, 0.15) is 6.92 Å². The lowest BCUT2D eigenvalue weighted by molar-refractivity contribution is -0.115. The third-order valence-electron chi connectivity index (χ3n) is 3.11. The van der Waals surface area contributed by atoms with E-state index in [0.717, 1.165) is 25.7 Å². The number of hydrogen-bond acceptors (Lipinski definition) is 4. The lowest BCUT2D eigenvalue weighted by atomic mass is 10.3. The Bertz CT molecular complexity index is 833. The summed E-state index contributed by atoms with van der Waals surface area (Å²) in [7, 11) is 0. The van der Waals surface area contributed by atoms with Crippen LogP contribution in [-0.4, -0.2) is 16.1 Å². The molecule has 4 nitrogen and oxygen atoms in total. The highest BCUT2D eigenvalue weighted by Crippen LogP contribution is 2.29. The van der Waals surface area contributed by atoms with Crippen molar-refractivity contribution in [2.45, 2.75) is 17.4 Å². The van der Waals surface area contributed by atoms with E-state index in [4.69, 9.17) is 4.42 Å². The van der Waals surface area contributed by atoms with Crippen LogP contribution in [0.15, 0.2) is 61.0 Å². The Morgan fingerprint density at radius 1 is 1.26 bits per heavy atom. The number of carbonyl (C=O) groups is 1. The maximum Gasteiger partial charge on any atom is 0.257 e. The van der Waals surface area contributed by atoms with Crippen molar-refractivity contribution in [3.05, 3.63) is 51.4 Å². The van der Waals surface area contributed by atoms with Crippen LogP contribution < -0.4 is 5.32 Å². The number of oxazole rings is 1. The van der Waals surface area contributed by atoms with Crippen LogP contribution in [-0.2, 0) is 4.79 Å². The first-order chi connectivity index (χ1) is 11.0. The largest absolute Gasteiger partial charge is 0.431 e. The molecule has 0 radical (unpaired) electrons. The molecule has 1 N–H and O–H groups in total. The molecule has 7 heteroatoms. The Morgan fingerprint density at radius 2 is 2.04 bits per heavy atom. The monoisotopic (exact) mass is 454 g/mol. The Hall–Kier alpha value is -1.31. The van der Waals surface area contributed by atoms with Gasteiger partial charge >= 0.3 is 0 Å². The molecule has 1 atom stereocenters. The lowest BCUT2D eigenvalue weighted by Gasteiger charge is -2.11. The number of hydrogen-bond donors (Lipinski definition) is 1. The highest BCUT2D eigenvalue weighted by molar-refractivity contribution is 9.11. The van der Waals surface area contributed by atoms with Gasteiger partial charge in [0.25, 0.3) is 5.22 Å². The molecule has 3 aromatic rings. The zero-order chi connectivity index (χ0) is 16.4. The Labute approximate surface area is 154 Å². The topological polar surface area (TPSA) is 55.1 Å². The first kappa shape index (κ1) is 16.5. The van der Waals surface area contributed by atoms with Gasteiger partial charge in [0.2, 0.25) is 5.91 Å². The van der Waals surface area contributed by atoms with Gasteiger partial charge in [-0.3, -0.25) is 4.79 Å². The molecule has 0 aliphatic carbocycles. The van der Waals surface area contributed by atoms with E-state index in [9.17, 15) is 4.79 Å². The number of fused-ring (bicyclic) bond motifs is 1. The number of thioether (sulfide) groups is 1. The number of anilines is 1. The van der Waals surface area contributed by atoms with Gasteiger partial charge in [0, 0.05) is 8.95 Å². The number of benzene rings is 2. The van der Waals surface area contributed by atoms with Crippen LogP contribution in [0.4, 0.5) is 5.69 Å². The first-order valence-corrected chi connectivity index (χ1v) is 9.27. The maximum absolute atomic E-state index is 12.3. The van der Waals surface area contributed by atoms with E-state index < -0.39 is 0 Å². The van der Waals surface area contributed by atoms with Crippen LogP contribution in [0, 0.1) is 0 Å². The fourth-order valence-corrected chi connectivity index (χ4v) is 3.83. The molecule has 0 bridgehead atoms. The highest BCUT2D eigenvalue weighted by atomic mass is 79.9.